The summed E-state index contributed by atoms with van der Waals surface area (Å²) < 4.78 is 40.4. The van der Waals surface area contributed by atoms with Gasteiger partial charge >= 0.3 is 6.36 Å². The minimum atomic E-state index is -4.77. The fourth-order valence-corrected chi connectivity index (χ4v) is 2.84. The molecule has 0 saturated heterocycles. The number of hydrogen-bond donors (Lipinski definition) is 2. The van der Waals surface area contributed by atoms with Gasteiger partial charge in [0.15, 0.2) is 0 Å². The van der Waals surface area contributed by atoms with Gasteiger partial charge in [0.05, 0.1) is 24.0 Å². The number of amides is 1. The third-order valence-corrected chi connectivity index (χ3v) is 4.22. The zero-order chi connectivity index (χ0) is 21.7. The van der Waals surface area contributed by atoms with Crippen LogP contribution in [0.3, 0.4) is 0 Å². The number of ether oxygens (including phenoxy) is 1. The van der Waals surface area contributed by atoms with E-state index in [4.69, 9.17) is 0 Å². The fourth-order valence-electron chi connectivity index (χ4n) is 2.84. The minimum Gasteiger partial charge on any atom is -0.406 e. The Kier molecular flexibility index (Phi) is 6.36. The number of carbonyl (C=O) groups excluding carboxylic acids is 1. The number of nitrogens with one attached hydrogen (secondary N) is 2. The fraction of sp³-hybridized carbons (Fsp3) is 0.250. The average molecular weight is 420 g/mol. The van der Waals surface area contributed by atoms with E-state index >= 15 is 0 Å². The maximum absolute atomic E-state index is 12.3. The van der Waals surface area contributed by atoms with Crippen LogP contribution in [0.4, 0.5) is 18.9 Å². The number of hydrogen-bond acceptors (Lipinski definition) is 5. The molecule has 0 aliphatic heterocycles. The van der Waals surface area contributed by atoms with E-state index in [1.54, 1.807) is 29.2 Å². The average Bonchev–Trinajstić information content (AvgIpc) is 2.68. The Morgan fingerprint density at radius 2 is 1.87 bits per heavy atom. The molecule has 1 amide bonds. The number of H-pyrrole nitrogens is 1. The molecule has 0 aliphatic carbocycles. The summed E-state index contributed by atoms with van der Waals surface area (Å²) in [4.78, 5) is 33.4. The summed E-state index contributed by atoms with van der Waals surface area (Å²) in [5.41, 5.74) is 0.651. The topological polar surface area (TPSA) is 87.3 Å². The largest absolute Gasteiger partial charge is 0.573 e. The second kappa shape index (κ2) is 8.95. The van der Waals surface area contributed by atoms with Crippen LogP contribution in [0.2, 0.25) is 0 Å². The van der Waals surface area contributed by atoms with E-state index in [-0.39, 0.29) is 30.3 Å². The zero-order valence-electron chi connectivity index (χ0n) is 16.0. The Balaban J connectivity index is 1.61. The predicted octanol–water partition coefficient (Wildman–Crippen LogP) is 3.28. The second-order valence-electron chi connectivity index (χ2n) is 6.45. The van der Waals surface area contributed by atoms with E-state index in [1.165, 1.54) is 12.1 Å². The zero-order valence-corrected chi connectivity index (χ0v) is 16.0. The van der Waals surface area contributed by atoms with Crippen molar-refractivity contribution in [1.82, 2.24) is 14.9 Å². The number of rotatable bonds is 7. The van der Waals surface area contributed by atoms with Crippen molar-refractivity contribution in [2.24, 2.45) is 0 Å². The lowest BCUT2D eigenvalue weighted by atomic mass is 10.2. The van der Waals surface area contributed by atoms with Gasteiger partial charge in [-0.3, -0.25) is 14.5 Å². The standard InChI is InChI=1S/C20H19F3N4O3/c1-2-27(11-17-25-16-6-4-3-5-15(16)19(29)26-17)12-18(28)24-13-7-9-14(10-8-13)30-20(21,22)23/h3-10H,2,11-12H2,1H3,(H,24,28)(H,25,26,29). The van der Waals surface area contributed by atoms with Gasteiger partial charge in [0, 0.05) is 5.69 Å². The number of fused-ring (bicyclic) bond motifs is 1. The lowest BCUT2D eigenvalue weighted by Gasteiger charge is -2.19. The summed E-state index contributed by atoms with van der Waals surface area (Å²) in [5.74, 6) is -0.298. The van der Waals surface area contributed by atoms with Gasteiger partial charge in [0.25, 0.3) is 5.56 Å². The Morgan fingerprint density at radius 1 is 1.17 bits per heavy atom. The molecular weight excluding hydrogens is 401 g/mol. The molecule has 0 radical (unpaired) electrons. The van der Waals surface area contributed by atoms with E-state index in [2.05, 4.69) is 20.0 Å². The highest BCUT2D eigenvalue weighted by molar-refractivity contribution is 5.92. The molecule has 0 atom stereocenters. The molecule has 158 valence electrons. The van der Waals surface area contributed by atoms with Gasteiger partial charge in [-0.05, 0) is 42.9 Å². The van der Waals surface area contributed by atoms with Crippen molar-refractivity contribution in [3.8, 4) is 5.75 Å². The van der Waals surface area contributed by atoms with Gasteiger partial charge in [-0.1, -0.05) is 19.1 Å². The molecule has 2 aromatic carbocycles. The molecule has 1 heterocycles. The summed E-state index contributed by atoms with van der Waals surface area (Å²) in [6.45, 7) is 2.63. The van der Waals surface area contributed by atoms with Crippen LogP contribution in [0.1, 0.15) is 12.7 Å². The molecule has 0 aliphatic rings. The monoisotopic (exact) mass is 420 g/mol. The first kappa shape index (κ1) is 21.3. The van der Waals surface area contributed by atoms with E-state index in [9.17, 15) is 22.8 Å². The maximum atomic E-state index is 12.3. The van der Waals surface area contributed by atoms with Crippen LogP contribution in [-0.2, 0) is 11.3 Å². The Labute approximate surface area is 169 Å². The van der Waals surface area contributed by atoms with Gasteiger partial charge in [-0.15, -0.1) is 13.2 Å². The highest BCUT2D eigenvalue weighted by Crippen LogP contribution is 2.23. The van der Waals surface area contributed by atoms with Gasteiger partial charge < -0.3 is 15.0 Å². The molecule has 7 nitrogen and oxygen atoms in total. The summed E-state index contributed by atoms with van der Waals surface area (Å²) in [6, 6.07) is 11.8. The van der Waals surface area contributed by atoms with Gasteiger partial charge in [-0.2, -0.15) is 0 Å². The van der Waals surface area contributed by atoms with E-state index in [0.717, 1.165) is 12.1 Å². The molecule has 10 heteroatoms. The molecule has 3 rings (SSSR count). The van der Waals surface area contributed by atoms with Gasteiger partial charge in [0.2, 0.25) is 5.91 Å². The first-order chi connectivity index (χ1) is 14.2. The van der Waals surface area contributed by atoms with Crippen molar-refractivity contribution in [3.63, 3.8) is 0 Å². The minimum absolute atomic E-state index is 0.00778. The third-order valence-electron chi connectivity index (χ3n) is 4.22. The Morgan fingerprint density at radius 3 is 2.53 bits per heavy atom. The molecule has 0 fully saturated rings. The number of nitrogens with zero attached hydrogens (tertiary/aromatic N) is 2. The van der Waals surface area contributed by atoms with Crippen molar-refractivity contribution >= 4 is 22.5 Å². The number of aromatic amines is 1. The Hall–Kier alpha value is -3.40. The number of aromatic nitrogens is 2. The van der Waals surface area contributed by atoms with Crippen molar-refractivity contribution in [2.45, 2.75) is 19.8 Å². The molecule has 0 bridgehead atoms. The third kappa shape index (κ3) is 5.80. The predicted molar refractivity (Wildman–Crippen MR) is 105 cm³/mol. The molecule has 3 aromatic rings. The lowest BCUT2D eigenvalue weighted by Crippen LogP contribution is -2.33. The first-order valence-corrected chi connectivity index (χ1v) is 9.09. The van der Waals surface area contributed by atoms with Crippen LogP contribution in [0.25, 0.3) is 10.9 Å². The first-order valence-electron chi connectivity index (χ1n) is 9.09. The van der Waals surface area contributed by atoms with Crippen LogP contribution in [0.5, 0.6) is 5.75 Å². The van der Waals surface area contributed by atoms with Gasteiger partial charge in [-0.25, -0.2) is 4.98 Å². The number of alkyl halides is 3. The quantitative estimate of drug-likeness (QED) is 0.613. The maximum Gasteiger partial charge on any atom is 0.573 e. The highest BCUT2D eigenvalue weighted by atomic mass is 19.4. The van der Waals surface area contributed by atoms with Crippen molar-refractivity contribution in [3.05, 3.63) is 64.7 Å². The molecule has 1 aromatic heterocycles. The van der Waals surface area contributed by atoms with Crippen LogP contribution >= 0.6 is 0 Å². The number of likely N-dealkylation sites (N-methyl/N-ethyl adjacent to an activating group) is 1. The lowest BCUT2D eigenvalue weighted by molar-refractivity contribution is -0.274. The van der Waals surface area contributed by atoms with Crippen LogP contribution in [0, 0.1) is 0 Å². The number of anilines is 1. The van der Waals surface area contributed by atoms with Crippen LogP contribution in [0.15, 0.2) is 53.3 Å². The van der Waals surface area contributed by atoms with Crippen molar-refractivity contribution in [2.75, 3.05) is 18.4 Å². The van der Waals surface area contributed by atoms with Crippen LogP contribution < -0.4 is 15.6 Å². The number of benzene rings is 2. The number of carbonyl (C=O) groups is 1. The normalized spacial score (nSPS) is 11.6. The molecule has 30 heavy (non-hydrogen) atoms. The molecule has 0 unspecified atom stereocenters. The van der Waals surface area contributed by atoms with Crippen LogP contribution in [-0.4, -0.2) is 40.2 Å². The van der Waals surface area contributed by atoms with Crippen molar-refractivity contribution in [1.29, 1.82) is 0 Å². The molecule has 2 N–H and O–H groups in total. The summed E-state index contributed by atoms with van der Waals surface area (Å²) >= 11 is 0. The number of halogens is 3. The number of para-hydroxylation sites is 1. The molecule has 0 saturated carbocycles. The highest BCUT2D eigenvalue weighted by Gasteiger charge is 2.31. The summed E-state index contributed by atoms with van der Waals surface area (Å²) in [7, 11) is 0. The Bertz CT molecular complexity index is 1080. The van der Waals surface area contributed by atoms with Crippen molar-refractivity contribution < 1.29 is 22.7 Å². The SMILES string of the molecule is CCN(CC(=O)Nc1ccc(OC(F)(F)F)cc1)Cc1nc2ccccc2c(=O)[nH]1. The molecule has 0 spiro atoms. The summed E-state index contributed by atoms with van der Waals surface area (Å²) in [5, 5.41) is 3.10. The van der Waals surface area contributed by atoms with Gasteiger partial charge in [0.1, 0.15) is 11.6 Å². The van der Waals surface area contributed by atoms with E-state index in [1.807, 2.05) is 6.92 Å². The van der Waals surface area contributed by atoms with E-state index in [0.29, 0.717) is 29.0 Å². The summed E-state index contributed by atoms with van der Waals surface area (Å²) in [6.07, 6.45) is -4.77. The second-order valence-corrected chi connectivity index (χ2v) is 6.45. The van der Waals surface area contributed by atoms with E-state index < -0.39 is 6.36 Å². The molecular formula is C20H19F3N4O3. The smallest absolute Gasteiger partial charge is 0.406 e.